The van der Waals surface area contributed by atoms with Crippen molar-refractivity contribution in [1.29, 1.82) is 5.41 Å². The topological polar surface area (TPSA) is 99.8 Å². The van der Waals surface area contributed by atoms with Crippen LogP contribution in [0.15, 0.2) is 71.3 Å². The quantitative estimate of drug-likeness (QED) is 0.408. The molecule has 0 spiro atoms. The summed E-state index contributed by atoms with van der Waals surface area (Å²) < 4.78 is 16.1. The van der Waals surface area contributed by atoms with E-state index in [9.17, 15) is 4.79 Å². The lowest BCUT2D eigenvalue weighted by atomic mass is 10.1. The Morgan fingerprint density at radius 3 is 2.67 bits per heavy atom. The molecule has 8 heteroatoms. The maximum atomic E-state index is 12.9. The number of furan rings is 1. The first-order valence-corrected chi connectivity index (χ1v) is 9.49. The Morgan fingerprint density at radius 1 is 1.17 bits per heavy atom. The number of nitrogens with zero attached hydrogens (tertiary/aromatic N) is 1. The minimum Gasteiger partial charge on any atom is -0.497 e. The Morgan fingerprint density at radius 2 is 1.93 bits per heavy atom. The van der Waals surface area contributed by atoms with Gasteiger partial charge in [-0.3, -0.25) is 10.3 Å². The molecule has 0 amide bonds. The summed E-state index contributed by atoms with van der Waals surface area (Å²) >= 11 is 0. The van der Waals surface area contributed by atoms with Crippen LogP contribution in [0, 0.1) is 5.41 Å². The number of hydrogen-bond acceptors (Lipinski definition) is 7. The van der Waals surface area contributed by atoms with Crippen LogP contribution in [0.3, 0.4) is 0 Å². The summed E-state index contributed by atoms with van der Waals surface area (Å²) in [6, 6.07) is 18.5. The molecule has 1 aliphatic heterocycles. The van der Waals surface area contributed by atoms with Gasteiger partial charge in [0.15, 0.2) is 0 Å². The second-order valence-electron chi connectivity index (χ2n) is 6.59. The van der Waals surface area contributed by atoms with Crippen LogP contribution < -0.4 is 20.3 Å². The Labute approximate surface area is 173 Å². The molecule has 2 aromatic carbocycles. The van der Waals surface area contributed by atoms with Crippen molar-refractivity contribution >= 4 is 29.1 Å². The van der Waals surface area contributed by atoms with Gasteiger partial charge in [0.25, 0.3) is 0 Å². The number of esters is 1. The molecule has 1 unspecified atom stereocenters. The van der Waals surface area contributed by atoms with Crippen molar-refractivity contribution in [3.05, 3.63) is 72.5 Å². The zero-order valence-electron chi connectivity index (χ0n) is 16.4. The lowest BCUT2D eigenvalue weighted by molar-refractivity contribution is -0.144. The van der Waals surface area contributed by atoms with E-state index >= 15 is 0 Å². The van der Waals surface area contributed by atoms with Gasteiger partial charge >= 0.3 is 5.97 Å². The molecule has 4 rings (SSSR count). The van der Waals surface area contributed by atoms with Crippen molar-refractivity contribution in [1.82, 2.24) is 0 Å². The van der Waals surface area contributed by atoms with Crippen LogP contribution in [0.4, 0.5) is 17.3 Å². The average Bonchev–Trinajstić information content (AvgIpc) is 3.26. The number of nitrogens with one attached hydrogen (secondary N) is 3. The molecule has 0 bridgehead atoms. The Balaban J connectivity index is 1.48. The van der Waals surface area contributed by atoms with Gasteiger partial charge in [0.1, 0.15) is 18.2 Å². The first-order chi connectivity index (χ1) is 14.7. The van der Waals surface area contributed by atoms with Crippen molar-refractivity contribution in [2.24, 2.45) is 0 Å². The molecule has 0 aliphatic carbocycles. The number of hydrogen-bond donors (Lipinski definition) is 3. The minimum absolute atomic E-state index is 0.145. The number of carbonyl (C=O) groups excluding carboxylic acids is 1. The Hall–Kier alpha value is -3.94. The van der Waals surface area contributed by atoms with Crippen LogP contribution in [-0.4, -0.2) is 38.2 Å². The van der Waals surface area contributed by atoms with Crippen LogP contribution in [0.1, 0.15) is 5.56 Å². The largest absolute Gasteiger partial charge is 0.497 e. The third-order valence-corrected chi connectivity index (χ3v) is 4.71. The van der Waals surface area contributed by atoms with Crippen LogP contribution in [0.2, 0.25) is 0 Å². The number of para-hydroxylation sites is 1. The van der Waals surface area contributed by atoms with E-state index in [0.717, 1.165) is 5.69 Å². The third-order valence-electron chi connectivity index (χ3n) is 4.71. The summed E-state index contributed by atoms with van der Waals surface area (Å²) in [4.78, 5) is 14.4. The standard InChI is InChI=1S/C22H22N4O4/c1-28-17-9-7-16(8-10-17)26-19(23)18-11-13-29-21(18)25-20(26)22(27)30-14-12-24-15-5-3-2-4-6-15/h2-11,13,20,23-25H,12,14H2,1H3. The molecule has 0 saturated carbocycles. The summed E-state index contributed by atoms with van der Waals surface area (Å²) in [7, 11) is 1.58. The lowest BCUT2D eigenvalue weighted by Gasteiger charge is -2.36. The fourth-order valence-electron chi connectivity index (χ4n) is 3.22. The normalized spacial score (nSPS) is 15.2. The van der Waals surface area contributed by atoms with Gasteiger partial charge < -0.3 is 24.5 Å². The number of carbonyl (C=O) groups is 1. The lowest BCUT2D eigenvalue weighted by Crippen LogP contribution is -2.54. The van der Waals surface area contributed by atoms with Crippen molar-refractivity contribution in [3.8, 4) is 5.75 Å². The van der Waals surface area contributed by atoms with Gasteiger partial charge in [-0.25, -0.2) is 4.79 Å². The first kappa shape index (κ1) is 19.4. The van der Waals surface area contributed by atoms with E-state index in [-0.39, 0.29) is 12.4 Å². The van der Waals surface area contributed by atoms with Gasteiger partial charge in [-0.2, -0.15) is 0 Å². The van der Waals surface area contributed by atoms with Crippen LogP contribution >= 0.6 is 0 Å². The molecule has 0 fully saturated rings. The highest BCUT2D eigenvalue weighted by Crippen LogP contribution is 2.31. The summed E-state index contributed by atoms with van der Waals surface area (Å²) in [6.45, 7) is 0.648. The number of rotatable bonds is 7. The maximum absolute atomic E-state index is 12.9. The molecule has 8 nitrogen and oxygen atoms in total. The molecule has 0 radical (unpaired) electrons. The van der Waals surface area contributed by atoms with Crippen LogP contribution in [-0.2, 0) is 9.53 Å². The molecular formula is C22H22N4O4. The molecule has 30 heavy (non-hydrogen) atoms. The van der Waals surface area contributed by atoms with Crippen molar-refractivity contribution in [3.63, 3.8) is 0 Å². The highest BCUT2D eigenvalue weighted by Gasteiger charge is 2.38. The first-order valence-electron chi connectivity index (χ1n) is 9.49. The SMILES string of the molecule is COc1ccc(N2C(=N)c3ccoc3NC2C(=O)OCCNc2ccccc2)cc1. The van der Waals surface area contributed by atoms with Crippen molar-refractivity contribution in [2.45, 2.75) is 6.17 Å². The zero-order valence-corrected chi connectivity index (χ0v) is 16.4. The van der Waals surface area contributed by atoms with Gasteiger partial charge in [-0.05, 0) is 42.5 Å². The highest BCUT2D eigenvalue weighted by atomic mass is 16.5. The van der Waals surface area contributed by atoms with Gasteiger partial charge in [-0.15, -0.1) is 0 Å². The highest BCUT2D eigenvalue weighted by molar-refractivity contribution is 6.15. The van der Waals surface area contributed by atoms with Gasteiger partial charge in [0.05, 0.1) is 18.9 Å². The van der Waals surface area contributed by atoms with Crippen LogP contribution in [0.25, 0.3) is 0 Å². The fraction of sp³-hybridized carbons (Fsp3) is 0.182. The molecule has 154 valence electrons. The number of benzene rings is 2. The molecule has 1 aromatic heterocycles. The number of fused-ring (bicyclic) bond motifs is 1. The number of amidine groups is 1. The second kappa shape index (κ2) is 8.60. The molecular weight excluding hydrogens is 384 g/mol. The van der Waals surface area contributed by atoms with E-state index in [1.54, 1.807) is 42.3 Å². The van der Waals surface area contributed by atoms with E-state index in [1.165, 1.54) is 6.26 Å². The second-order valence-corrected chi connectivity index (χ2v) is 6.59. The van der Waals surface area contributed by atoms with Crippen molar-refractivity contribution < 1.29 is 18.7 Å². The number of anilines is 3. The smallest absolute Gasteiger partial charge is 0.350 e. The van der Waals surface area contributed by atoms with E-state index < -0.39 is 12.1 Å². The summed E-state index contributed by atoms with van der Waals surface area (Å²) in [5.74, 6) is 0.694. The Bertz CT molecular complexity index is 1020. The zero-order chi connectivity index (χ0) is 20.9. The maximum Gasteiger partial charge on any atom is 0.350 e. The molecule has 2 heterocycles. The summed E-state index contributed by atoms with van der Waals surface area (Å²) in [5.41, 5.74) is 2.18. The third kappa shape index (κ3) is 3.93. The molecule has 0 saturated heterocycles. The molecule has 1 atom stereocenters. The van der Waals surface area contributed by atoms with E-state index in [0.29, 0.717) is 29.4 Å². The predicted molar refractivity (Wildman–Crippen MR) is 114 cm³/mol. The molecule has 3 N–H and O–H groups in total. The molecule has 3 aromatic rings. The van der Waals surface area contributed by atoms with Gasteiger partial charge in [0, 0.05) is 17.9 Å². The van der Waals surface area contributed by atoms with E-state index in [2.05, 4.69) is 10.6 Å². The van der Waals surface area contributed by atoms with E-state index in [1.807, 2.05) is 30.3 Å². The Kier molecular flexibility index (Phi) is 5.56. The monoisotopic (exact) mass is 406 g/mol. The van der Waals surface area contributed by atoms with Gasteiger partial charge in [0.2, 0.25) is 12.0 Å². The van der Waals surface area contributed by atoms with Crippen molar-refractivity contribution in [2.75, 3.05) is 35.8 Å². The predicted octanol–water partition coefficient (Wildman–Crippen LogP) is 3.53. The molecule has 1 aliphatic rings. The number of ether oxygens (including phenoxy) is 2. The summed E-state index contributed by atoms with van der Waals surface area (Å²) in [5, 5.41) is 14.8. The number of methoxy groups -OCH3 is 1. The average molecular weight is 406 g/mol. The van der Waals surface area contributed by atoms with Crippen LogP contribution in [0.5, 0.6) is 5.75 Å². The van der Waals surface area contributed by atoms with Gasteiger partial charge in [-0.1, -0.05) is 18.2 Å². The van der Waals surface area contributed by atoms with E-state index in [4.69, 9.17) is 19.3 Å². The minimum atomic E-state index is -0.929. The fourth-order valence-corrected chi connectivity index (χ4v) is 3.22. The summed E-state index contributed by atoms with van der Waals surface area (Å²) in [6.07, 6.45) is 0.553.